The highest BCUT2D eigenvalue weighted by molar-refractivity contribution is 9.10. The lowest BCUT2D eigenvalue weighted by molar-refractivity contribution is -0.130. The van der Waals surface area contributed by atoms with E-state index < -0.39 is 0 Å². The number of halogens is 1. The zero-order valence-corrected chi connectivity index (χ0v) is 10.4. The van der Waals surface area contributed by atoms with E-state index in [1.54, 1.807) is 23.1 Å². The van der Waals surface area contributed by atoms with Crippen molar-refractivity contribution in [2.45, 2.75) is 0 Å². The molecular weight excluding hydrogens is 288 g/mol. The fraction of sp³-hybridized carbons (Fsp3) is 0.182. The smallest absolute Gasteiger partial charge is 0.246 e. The Labute approximate surface area is 106 Å². The average Bonchev–Trinajstić information content (AvgIpc) is 2.27. The maximum absolute atomic E-state index is 11.2. The van der Waals surface area contributed by atoms with E-state index in [4.69, 9.17) is 0 Å². The second kappa shape index (κ2) is 4.67. The Morgan fingerprint density at radius 3 is 2.41 bits per heavy atom. The van der Waals surface area contributed by atoms with E-state index in [-0.39, 0.29) is 24.9 Å². The van der Waals surface area contributed by atoms with E-state index in [2.05, 4.69) is 21.2 Å². The van der Waals surface area contributed by atoms with Crippen LogP contribution in [0.1, 0.15) is 10.4 Å². The maximum Gasteiger partial charge on any atom is 0.246 e. The summed E-state index contributed by atoms with van der Waals surface area (Å²) in [6, 6.07) is 5.07. The highest BCUT2D eigenvalue weighted by Gasteiger charge is 2.22. The third-order valence-electron chi connectivity index (χ3n) is 2.42. The van der Waals surface area contributed by atoms with Crippen LogP contribution in [0.3, 0.4) is 0 Å². The molecule has 0 unspecified atom stereocenters. The first kappa shape index (κ1) is 11.8. The molecule has 1 aliphatic rings. The monoisotopic (exact) mass is 296 g/mol. The van der Waals surface area contributed by atoms with Gasteiger partial charge in [-0.2, -0.15) is 0 Å². The van der Waals surface area contributed by atoms with Crippen LogP contribution < -0.4 is 10.2 Å². The number of amides is 2. The summed E-state index contributed by atoms with van der Waals surface area (Å²) in [5.41, 5.74) is 1.26. The molecule has 88 valence electrons. The summed E-state index contributed by atoms with van der Waals surface area (Å²) in [4.78, 5) is 34.8. The molecule has 6 heteroatoms. The Hall–Kier alpha value is -1.69. The molecule has 0 spiro atoms. The Bertz CT molecular complexity index is 485. The predicted molar refractivity (Wildman–Crippen MR) is 64.9 cm³/mol. The lowest BCUT2D eigenvalue weighted by Gasteiger charge is -2.27. The van der Waals surface area contributed by atoms with Crippen LogP contribution in [0.15, 0.2) is 22.7 Å². The van der Waals surface area contributed by atoms with Crippen molar-refractivity contribution < 1.29 is 14.4 Å². The van der Waals surface area contributed by atoms with E-state index in [0.717, 1.165) is 12.0 Å². The van der Waals surface area contributed by atoms with Gasteiger partial charge in [0.05, 0.1) is 13.1 Å². The van der Waals surface area contributed by atoms with E-state index in [1.165, 1.54) is 0 Å². The predicted octanol–water partition coefficient (Wildman–Crippen LogP) is 0.724. The second-order valence-corrected chi connectivity index (χ2v) is 4.51. The molecule has 0 saturated carbocycles. The van der Waals surface area contributed by atoms with E-state index >= 15 is 0 Å². The van der Waals surface area contributed by atoms with Crippen LogP contribution in [-0.4, -0.2) is 31.2 Å². The minimum absolute atomic E-state index is 0.138. The second-order valence-electron chi connectivity index (χ2n) is 3.65. The lowest BCUT2D eigenvalue weighted by atomic mass is 10.2. The van der Waals surface area contributed by atoms with Crippen molar-refractivity contribution in [3.8, 4) is 0 Å². The highest BCUT2D eigenvalue weighted by Crippen LogP contribution is 2.23. The summed E-state index contributed by atoms with van der Waals surface area (Å²) < 4.78 is 0.642. The van der Waals surface area contributed by atoms with Gasteiger partial charge in [0.1, 0.15) is 0 Å². The number of nitrogens with one attached hydrogen (secondary N) is 1. The van der Waals surface area contributed by atoms with E-state index in [1.807, 2.05) is 0 Å². The van der Waals surface area contributed by atoms with Gasteiger partial charge in [-0.25, -0.2) is 0 Å². The molecule has 1 aliphatic heterocycles. The first-order valence-electron chi connectivity index (χ1n) is 4.92. The van der Waals surface area contributed by atoms with E-state index in [9.17, 15) is 14.4 Å². The van der Waals surface area contributed by atoms with Gasteiger partial charge in [0.2, 0.25) is 11.8 Å². The van der Waals surface area contributed by atoms with Gasteiger partial charge in [0.15, 0.2) is 6.29 Å². The van der Waals surface area contributed by atoms with Gasteiger partial charge in [-0.15, -0.1) is 0 Å². The van der Waals surface area contributed by atoms with Crippen LogP contribution in [0.4, 0.5) is 5.69 Å². The van der Waals surface area contributed by atoms with Crippen LogP contribution in [0.5, 0.6) is 0 Å². The molecule has 1 N–H and O–H groups in total. The molecule has 1 fully saturated rings. The summed E-state index contributed by atoms with van der Waals surface area (Å²) in [6.07, 6.45) is 0.738. The van der Waals surface area contributed by atoms with Crippen LogP contribution in [0.2, 0.25) is 0 Å². The highest BCUT2D eigenvalue weighted by atomic mass is 79.9. The SMILES string of the molecule is O=Cc1ccc(N2CC(=O)NC(=O)C2)cc1Br. The van der Waals surface area contributed by atoms with Crippen LogP contribution in [0, 0.1) is 0 Å². The van der Waals surface area contributed by atoms with Crippen molar-refractivity contribution in [2.24, 2.45) is 0 Å². The third kappa shape index (κ3) is 2.52. The summed E-state index contributed by atoms with van der Waals surface area (Å²) in [5.74, 6) is -0.645. The molecular formula is C11H9BrN2O3. The minimum atomic E-state index is -0.322. The summed E-state index contributed by atoms with van der Waals surface area (Å²) >= 11 is 3.26. The topological polar surface area (TPSA) is 66.5 Å². The molecule has 17 heavy (non-hydrogen) atoms. The molecule has 0 aromatic heterocycles. The Balaban J connectivity index is 2.27. The maximum atomic E-state index is 11.2. The third-order valence-corrected chi connectivity index (χ3v) is 3.11. The number of imide groups is 1. The summed E-state index contributed by atoms with van der Waals surface area (Å²) in [5, 5.41) is 2.23. The van der Waals surface area contributed by atoms with Gasteiger partial charge in [-0.05, 0) is 34.1 Å². The number of carbonyl (C=O) groups is 3. The molecule has 1 aromatic rings. The van der Waals surface area contributed by atoms with Gasteiger partial charge in [0, 0.05) is 15.7 Å². The molecule has 1 aromatic carbocycles. The standard InChI is InChI=1S/C11H9BrN2O3/c12-9-3-8(2-1-7(9)6-15)14-4-10(16)13-11(17)5-14/h1-3,6H,4-5H2,(H,13,16,17). The van der Waals surface area contributed by atoms with Crippen molar-refractivity contribution in [2.75, 3.05) is 18.0 Å². The zero-order chi connectivity index (χ0) is 12.4. The van der Waals surface area contributed by atoms with Gasteiger partial charge < -0.3 is 4.90 Å². The fourth-order valence-electron chi connectivity index (χ4n) is 1.63. The first-order chi connectivity index (χ1) is 8.10. The lowest BCUT2D eigenvalue weighted by Crippen LogP contribution is -2.51. The molecule has 1 heterocycles. The zero-order valence-electron chi connectivity index (χ0n) is 8.77. The first-order valence-corrected chi connectivity index (χ1v) is 5.72. The van der Waals surface area contributed by atoms with Crippen LogP contribution >= 0.6 is 15.9 Å². The molecule has 0 aliphatic carbocycles. The molecule has 1 saturated heterocycles. The molecule has 2 rings (SSSR count). The molecule has 0 atom stereocenters. The molecule has 0 radical (unpaired) electrons. The number of hydrogen-bond donors (Lipinski definition) is 1. The van der Waals surface area contributed by atoms with Gasteiger partial charge >= 0.3 is 0 Å². The fourth-order valence-corrected chi connectivity index (χ4v) is 2.09. The number of benzene rings is 1. The van der Waals surface area contributed by atoms with Crippen molar-refractivity contribution in [1.29, 1.82) is 0 Å². The van der Waals surface area contributed by atoms with E-state index in [0.29, 0.717) is 10.0 Å². The molecule has 5 nitrogen and oxygen atoms in total. The quantitative estimate of drug-likeness (QED) is 0.645. The number of piperazine rings is 1. The Kier molecular flexibility index (Phi) is 3.23. The van der Waals surface area contributed by atoms with Crippen LogP contribution in [0.25, 0.3) is 0 Å². The number of carbonyl (C=O) groups excluding carboxylic acids is 3. The molecule has 2 amide bonds. The summed E-state index contributed by atoms with van der Waals surface area (Å²) in [7, 11) is 0. The average molecular weight is 297 g/mol. The minimum Gasteiger partial charge on any atom is -0.353 e. The van der Waals surface area contributed by atoms with Crippen molar-refractivity contribution in [3.63, 3.8) is 0 Å². The van der Waals surface area contributed by atoms with Gasteiger partial charge in [-0.3, -0.25) is 19.7 Å². The van der Waals surface area contributed by atoms with Crippen molar-refractivity contribution in [3.05, 3.63) is 28.2 Å². The van der Waals surface area contributed by atoms with Gasteiger partial charge in [-0.1, -0.05) is 0 Å². The Morgan fingerprint density at radius 2 is 1.88 bits per heavy atom. The van der Waals surface area contributed by atoms with Gasteiger partial charge in [0.25, 0.3) is 0 Å². The molecule has 0 bridgehead atoms. The number of rotatable bonds is 2. The number of anilines is 1. The number of nitrogens with zero attached hydrogens (tertiary/aromatic N) is 1. The number of aldehydes is 1. The normalized spacial score (nSPS) is 15.7. The Morgan fingerprint density at radius 1 is 1.24 bits per heavy atom. The number of hydrogen-bond acceptors (Lipinski definition) is 4. The summed E-state index contributed by atoms with van der Waals surface area (Å²) in [6.45, 7) is 0.275. The van der Waals surface area contributed by atoms with Crippen molar-refractivity contribution >= 4 is 39.7 Å². The van der Waals surface area contributed by atoms with Crippen molar-refractivity contribution in [1.82, 2.24) is 5.32 Å². The van der Waals surface area contributed by atoms with Crippen LogP contribution in [-0.2, 0) is 9.59 Å². The largest absolute Gasteiger partial charge is 0.353 e.